The number of carboxylic acids is 1. The standard InChI is InChI=1S/C36H51N3O4/c1-2-3-21-39(36(42)43-27-28-13-7-4-8-14-28)32-19-22-37(23-20-32)24-31-25-38(26-33(31)29-15-9-5-10-16-29)34(35(40)41)30-17-11-6-12-18-30/h4-5,7-10,13-16,30-34H,2-3,6,11-12,17-27H2,1H3,(H,40,41). The van der Waals surface area contributed by atoms with Crippen molar-refractivity contribution in [2.75, 3.05) is 39.3 Å². The lowest BCUT2D eigenvalue weighted by Crippen LogP contribution is -2.49. The molecule has 0 aromatic heterocycles. The average Bonchev–Trinajstić information content (AvgIpc) is 3.45. The summed E-state index contributed by atoms with van der Waals surface area (Å²) in [6.07, 6.45) is 9.29. The maximum absolute atomic E-state index is 13.2. The van der Waals surface area contributed by atoms with Gasteiger partial charge in [-0.3, -0.25) is 9.69 Å². The fraction of sp³-hybridized carbons (Fsp3) is 0.611. The van der Waals surface area contributed by atoms with Crippen LogP contribution in [0.2, 0.25) is 0 Å². The Morgan fingerprint density at radius 2 is 1.60 bits per heavy atom. The lowest BCUT2D eigenvalue weighted by Gasteiger charge is -2.39. The number of ether oxygens (including phenoxy) is 1. The molecule has 3 aliphatic rings. The Morgan fingerprint density at radius 3 is 2.26 bits per heavy atom. The number of likely N-dealkylation sites (tertiary alicyclic amines) is 2. The quantitative estimate of drug-likeness (QED) is 0.299. The maximum Gasteiger partial charge on any atom is 0.410 e. The molecule has 7 heteroatoms. The second kappa shape index (κ2) is 15.7. The number of unbranched alkanes of at least 4 members (excludes halogenated alkanes) is 1. The van der Waals surface area contributed by atoms with E-state index in [0.29, 0.717) is 18.4 Å². The number of rotatable bonds is 12. The van der Waals surface area contributed by atoms with Crippen molar-refractivity contribution < 1.29 is 19.4 Å². The number of benzene rings is 2. The van der Waals surface area contributed by atoms with E-state index in [-0.39, 0.29) is 24.1 Å². The number of hydrogen-bond donors (Lipinski definition) is 1. The molecule has 1 N–H and O–H groups in total. The number of nitrogens with zero attached hydrogens (tertiary/aromatic N) is 3. The Labute approximate surface area is 258 Å². The number of carbonyl (C=O) groups excluding carboxylic acids is 1. The predicted molar refractivity (Wildman–Crippen MR) is 170 cm³/mol. The summed E-state index contributed by atoms with van der Waals surface area (Å²) in [7, 11) is 0. The van der Waals surface area contributed by atoms with Gasteiger partial charge in [0.2, 0.25) is 0 Å². The molecule has 2 aliphatic heterocycles. The number of amides is 1. The van der Waals surface area contributed by atoms with Crippen LogP contribution in [0.5, 0.6) is 0 Å². The molecule has 0 bridgehead atoms. The van der Waals surface area contributed by atoms with E-state index in [4.69, 9.17) is 4.74 Å². The van der Waals surface area contributed by atoms with Gasteiger partial charge in [-0.1, -0.05) is 93.3 Å². The normalized spacial score (nSPS) is 23.2. The van der Waals surface area contributed by atoms with Crippen LogP contribution in [-0.4, -0.2) is 83.2 Å². The molecule has 5 rings (SSSR count). The molecule has 2 aromatic rings. The SMILES string of the molecule is CCCCN(C(=O)OCc1ccccc1)C1CCN(CC2CN(C(C(=O)O)C3CCCCC3)CC2c2ccccc2)CC1. The molecular weight excluding hydrogens is 538 g/mol. The molecule has 2 aromatic carbocycles. The van der Waals surface area contributed by atoms with Gasteiger partial charge in [0.15, 0.2) is 0 Å². The van der Waals surface area contributed by atoms with Crippen molar-refractivity contribution >= 4 is 12.1 Å². The van der Waals surface area contributed by atoms with Gasteiger partial charge in [-0.05, 0) is 55.1 Å². The smallest absolute Gasteiger partial charge is 0.410 e. The largest absolute Gasteiger partial charge is 0.480 e. The van der Waals surface area contributed by atoms with E-state index in [2.05, 4.69) is 47.1 Å². The summed E-state index contributed by atoms with van der Waals surface area (Å²) in [5, 5.41) is 10.3. The number of hydrogen-bond acceptors (Lipinski definition) is 5. The molecule has 3 fully saturated rings. The minimum atomic E-state index is -0.647. The highest BCUT2D eigenvalue weighted by atomic mass is 16.6. The van der Waals surface area contributed by atoms with E-state index in [9.17, 15) is 14.7 Å². The molecule has 3 unspecified atom stereocenters. The predicted octanol–water partition coefficient (Wildman–Crippen LogP) is 6.64. The highest BCUT2D eigenvalue weighted by Gasteiger charge is 2.43. The second-order valence-corrected chi connectivity index (χ2v) is 13.0. The van der Waals surface area contributed by atoms with E-state index in [1.165, 1.54) is 12.0 Å². The van der Waals surface area contributed by atoms with Crippen LogP contribution in [0, 0.1) is 11.8 Å². The van der Waals surface area contributed by atoms with Crippen LogP contribution in [0.25, 0.3) is 0 Å². The molecule has 2 heterocycles. The fourth-order valence-electron chi connectivity index (χ4n) is 7.80. The third-order valence-electron chi connectivity index (χ3n) is 10.1. The lowest BCUT2D eigenvalue weighted by molar-refractivity contribution is -0.145. The van der Waals surface area contributed by atoms with Gasteiger partial charge in [0, 0.05) is 51.2 Å². The van der Waals surface area contributed by atoms with Gasteiger partial charge in [0.25, 0.3) is 0 Å². The highest BCUT2D eigenvalue weighted by Crippen LogP contribution is 2.38. The van der Waals surface area contributed by atoms with Crippen molar-refractivity contribution in [1.82, 2.24) is 14.7 Å². The zero-order valence-corrected chi connectivity index (χ0v) is 26.0. The number of carbonyl (C=O) groups is 2. The van der Waals surface area contributed by atoms with Crippen LogP contribution < -0.4 is 0 Å². The summed E-state index contributed by atoms with van der Waals surface area (Å²) in [5.74, 6) is 0.328. The summed E-state index contributed by atoms with van der Waals surface area (Å²) < 4.78 is 5.76. The first-order valence-corrected chi connectivity index (χ1v) is 16.7. The molecule has 7 nitrogen and oxygen atoms in total. The topological polar surface area (TPSA) is 73.3 Å². The summed E-state index contributed by atoms with van der Waals surface area (Å²) in [4.78, 5) is 32.6. The van der Waals surface area contributed by atoms with Gasteiger partial charge >= 0.3 is 12.1 Å². The first kappa shape index (κ1) is 31.5. The van der Waals surface area contributed by atoms with E-state index >= 15 is 0 Å². The molecule has 0 spiro atoms. The Kier molecular flexibility index (Phi) is 11.5. The van der Waals surface area contributed by atoms with Crippen LogP contribution in [0.3, 0.4) is 0 Å². The summed E-state index contributed by atoms with van der Waals surface area (Å²) in [6, 6.07) is 20.4. The third-order valence-corrected chi connectivity index (χ3v) is 10.1. The Balaban J connectivity index is 1.21. The van der Waals surface area contributed by atoms with Crippen LogP contribution >= 0.6 is 0 Å². The van der Waals surface area contributed by atoms with E-state index in [0.717, 1.165) is 96.2 Å². The van der Waals surface area contributed by atoms with Crippen molar-refractivity contribution in [1.29, 1.82) is 0 Å². The molecular formula is C36H51N3O4. The third kappa shape index (κ3) is 8.39. The second-order valence-electron chi connectivity index (χ2n) is 13.0. The van der Waals surface area contributed by atoms with E-state index < -0.39 is 5.97 Å². The van der Waals surface area contributed by atoms with Crippen molar-refractivity contribution in [3.05, 3.63) is 71.8 Å². The number of aliphatic carboxylic acids is 1. The molecule has 2 saturated heterocycles. The van der Waals surface area contributed by atoms with Gasteiger partial charge in [-0.15, -0.1) is 0 Å². The summed E-state index contributed by atoms with van der Waals surface area (Å²) in [6.45, 7) is 7.71. The first-order chi connectivity index (χ1) is 21.0. The minimum absolute atomic E-state index is 0.193. The van der Waals surface area contributed by atoms with Crippen molar-refractivity contribution in [2.45, 2.75) is 89.3 Å². The van der Waals surface area contributed by atoms with Crippen molar-refractivity contribution in [2.24, 2.45) is 11.8 Å². The fourth-order valence-corrected chi connectivity index (χ4v) is 7.80. The van der Waals surface area contributed by atoms with Crippen molar-refractivity contribution in [3.8, 4) is 0 Å². The monoisotopic (exact) mass is 589 g/mol. The van der Waals surface area contributed by atoms with Gasteiger partial charge in [-0.25, -0.2) is 4.79 Å². The van der Waals surface area contributed by atoms with Crippen LogP contribution in [0.4, 0.5) is 4.79 Å². The van der Waals surface area contributed by atoms with Gasteiger partial charge in [0.1, 0.15) is 12.6 Å². The van der Waals surface area contributed by atoms with Gasteiger partial charge in [0.05, 0.1) is 0 Å². The molecule has 234 valence electrons. The van der Waals surface area contributed by atoms with Crippen LogP contribution in [0.15, 0.2) is 60.7 Å². The van der Waals surface area contributed by atoms with Gasteiger partial charge < -0.3 is 19.6 Å². The maximum atomic E-state index is 13.2. The molecule has 3 atom stereocenters. The van der Waals surface area contributed by atoms with E-state index in [1.807, 2.05) is 35.2 Å². The zero-order chi connectivity index (χ0) is 30.0. The highest BCUT2D eigenvalue weighted by molar-refractivity contribution is 5.74. The summed E-state index contributed by atoms with van der Waals surface area (Å²) >= 11 is 0. The number of piperidine rings is 1. The van der Waals surface area contributed by atoms with Crippen LogP contribution in [0.1, 0.15) is 81.8 Å². The van der Waals surface area contributed by atoms with Gasteiger partial charge in [-0.2, -0.15) is 0 Å². The Bertz CT molecular complexity index is 1130. The summed E-state index contributed by atoms with van der Waals surface area (Å²) in [5.41, 5.74) is 2.33. The Morgan fingerprint density at radius 1 is 0.930 bits per heavy atom. The minimum Gasteiger partial charge on any atom is -0.480 e. The van der Waals surface area contributed by atoms with E-state index in [1.54, 1.807) is 0 Å². The number of carboxylic acid groups (broad SMARTS) is 1. The molecule has 1 amide bonds. The average molecular weight is 590 g/mol. The molecule has 0 radical (unpaired) electrons. The Hall–Kier alpha value is -2.90. The zero-order valence-electron chi connectivity index (χ0n) is 26.0. The molecule has 1 saturated carbocycles. The molecule has 1 aliphatic carbocycles. The molecule has 43 heavy (non-hydrogen) atoms. The van der Waals surface area contributed by atoms with Crippen molar-refractivity contribution in [3.63, 3.8) is 0 Å². The first-order valence-electron chi connectivity index (χ1n) is 16.7. The lowest BCUT2D eigenvalue weighted by atomic mass is 9.83. The van der Waals surface area contributed by atoms with Crippen LogP contribution in [-0.2, 0) is 16.1 Å².